The zero-order valence-electron chi connectivity index (χ0n) is 20.6. The number of hydrogen-bond donors (Lipinski definition) is 2. The Morgan fingerprint density at radius 1 is 0.912 bits per heavy atom. The highest BCUT2D eigenvalue weighted by Crippen LogP contribution is 2.31. The average Bonchev–Trinajstić information content (AvgIpc) is 2.88. The van der Waals surface area contributed by atoms with Crippen LogP contribution >= 0.6 is 0 Å². The van der Waals surface area contributed by atoms with Gasteiger partial charge >= 0.3 is 0 Å². The molecule has 1 aliphatic heterocycles. The van der Waals surface area contributed by atoms with E-state index in [1.807, 2.05) is 30.9 Å². The predicted molar refractivity (Wildman–Crippen MR) is 141 cm³/mol. The zero-order valence-corrected chi connectivity index (χ0v) is 20.6. The van der Waals surface area contributed by atoms with Crippen LogP contribution in [0.4, 0.5) is 11.4 Å². The quantitative estimate of drug-likeness (QED) is 0.488. The number of nitrogens with zero attached hydrogens (tertiary/aromatic N) is 2. The van der Waals surface area contributed by atoms with Gasteiger partial charge in [-0.25, -0.2) is 0 Å². The van der Waals surface area contributed by atoms with Crippen molar-refractivity contribution in [3.05, 3.63) is 95.1 Å². The smallest absolute Gasteiger partial charge is 0.253 e. The summed E-state index contributed by atoms with van der Waals surface area (Å²) in [7, 11) is 0. The first-order valence-corrected chi connectivity index (χ1v) is 12.4. The van der Waals surface area contributed by atoms with Crippen LogP contribution in [-0.2, 0) is 0 Å². The summed E-state index contributed by atoms with van der Waals surface area (Å²) in [6.45, 7) is 11.5. The fraction of sp³-hybridized carbons (Fsp3) is 0.345. The van der Waals surface area contributed by atoms with Gasteiger partial charge in [-0.15, -0.1) is 0 Å². The van der Waals surface area contributed by atoms with Crippen molar-refractivity contribution >= 4 is 17.3 Å². The molecule has 3 aromatic carbocycles. The minimum Gasteiger partial charge on any atom is -0.356 e. The van der Waals surface area contributed by atoms with Crippen LogP contribution in [0.2, 0.25) is 0 Å². The molecule has 1 fully saturated rings. The number of carbonyl (C=O) groups excluding carboxylic acids is 1. The molecule has 34 heavy (non-hydrogen) atoms. The van der Waals surface area contributed by atoms with E-state index in [0.717, 1.165) is 56.2 Å². The molecule has 5 nitrogen and oxygen atoms in total. The molecule has 5 heteroatoms. The van der Waals surface area contributed by atoms with Crippen molar-refractivity contribution in [1.82, 2.24) is 15.1 Å². The second-order valence-corrected chi connectivity index (χ2v) is 8.90. The van der Waals surface area contributed by atoms with E-state index in [1.54, 1.807) is 0 Å². The van der Waals surface area contributed by atoms with Gasteiger partial charge in [0.15, 0.2) is 0 Å². The van der Waals surface area contributed by atoms with Crippen molar-refractivity contribution in [1.29, 1.82) is 0 Å². The Bertz CT molecular complexity index is 1070. The molecular formula is C29H36N4O. The molecule has 1 unspecified atom stereocenters. The van der Waals surface area contributed by atoms with Gasteiger partial charge in [0, 0.05) is 56.2 Å². The third-order valence-corrected chi connectivity index (χ3v) is 6.58. The first-order valence-electron chi connectivity index (χ1n) is 12.4. The minimum absolute atomic E-state index is 0.0968. The summed E-state index contributed by atoms with van der Waals surface area (Å²) in [6.07, 6.45) is 0. The van der Waals surface area contributed by atoms with Crippen LogP contribution in [0.5, 0.6) is 0 Å². The van der Waals surface area contributed by atoms with Gasteiger partial charge < -0.3 is 15.5 Å². The van der Waals surface area contributed by atoms with E-state index in [0.29, 0.717) is 0 Å². The van der Waals surface area contributed by atoms with E-state index in [4.69, 9.17) is 0 Å². The molecular weight excluding hydrogens is 420 g/mol. The van der Waals surface area contributed by atoms with E-state index >= 15 is 0 Å². The fourth-order valence-electron chi connectivity index (χ4n) is 4.65. The number of rotatable bonds is 8. The molecule has 2 N–H and O–H groups in total. The van der Waals surface area contributed by atoms with Gasteiger partial charge in [-0.1, -0.05) is 42.0 Å². The summed E-state index contributed by atoms with van der Waals surface area (Å²) in [5.74, 6) is 0.0968. The van der Waals surface area contributed by atoms with Crippen LogP contribution in [0, 0.1) is 6.92 Å². The van der Waals surface area contributed by atoms with Gasteiger partial charge in [0.25, 0.3) is 5.91 Å². The molecule has 1 amide bonds. The van der Waals surface area contributed by atoms with Crippen molar-refractivity contribution in [3.8, 4) is 0 Å². The number of piperazine rings is 1. The highest BCUT2D eigenvalue weighted by molar-refractivity contribution is 5.94. The Morgan fingerprint density at radius 3 is 2.24 bits per heavy atom. The summed E-state index contributed by atoms with van der Waals surface area (Å²) in [5.41, 5.74) is 6.63. The highest BCUT2D eigenvalue weighted by atomic mass is 16.2. The van der Waals surface area contributed by atoms with E-state index < -0.39 is 0 Å². The lowest BCUT2D eigenvalue weighted by Gasteiger charge is -2.36. The van der Waals surface area contributed by atoms with Gasteiger partial charge in [-0.05, 0) is 68.3 Å². The maximum Gasteiger partial charge on any atom is 0.253 e. The zero-order chi connectivity index (χ0) is 23.9. The third kappa shape index (κ3) is 5.66. The summed E-state index contributed by atoms with van der Waals surface area (Å²) >= 11 is 0. The van der Waals surface area contributed by atoms with E-state index in [2.05, 4.69) is 83.1 Å². The molecule has 1 aliphatic rings. The molecule has 0 aliphatic carbocycles. The summed E-state index contributed by atoms with van der Waals surface area (Å²) in [5, 5.41) is 7.02. The number of nitrogens with one attached hydrogen (secondary N) is 2. The van der Waals surface area contributed by atoms with Crippen molar-refractivity contribution in [2.45, 2.75) is 26.8 Å². The third-order valence-electron chi connectivity index (χ3n) is 6.58. The Hall–Kier alpha value is -3.15. The van der Waals surface area contributed by atoms with Gasteiger partial charge in [0.2, 0.25) is 0 Å². The monoisotopic (exact) mass is 456 g/mol. The number of anilines is 2. The molecule has 178 valence electrons. The molecule has 1 atom stereocenters. The summed E-state index contributed by atoms with van der Waals surface area (Å²) in [6, 6.07) is 25.5. The lowest BCUT2D eigenvalue weighted by atomic mass is 9.95. The Kier molecular flexibility index (Phi) is 7.99. The van der Waals surface area contributed by atoms with Gasteiger partial charge in [0.05, 0.1) is 6.04 Å². The SMILES string of the molecule is CCN(CC)C(=O)c1ccc(C(c2cccc(Nc3ccc(C)cc3)c2)N2CCNCC2)cc1. The minimum atomic E-state index is 0.0968. The second-order valence-electron chi connectivity index (χ2n) is 8.90. The number of hydrogen-bond acceptors (Lipinski definition) is 4. The van der Waals surface area contributed by atoms with Crippen LogP contribution in [0.15, 0.2) is 72.8 Å². The van der Waals surface area contributed by atoms with Crippen LogP contribution in [0.1, 0.15) is 46.9 Å². The Labute approximate surface area is 203 Å². The topological polar surface area (TPSA) is 47.6 Å². The molecule has 4 rings (SSSR count). The van der Waals surface area contributed by atoms with Crippen LogP contribution in [-0.4, -0.2) is 55.0 Å². The molecule has 0 bridgehead atoms. The molecule has 0 spiro atoms. The van der Waals surface area contributed by atoms with Crippen molar-refractivity contribution in [3.63, 3.8) is 0 Å². The van der Waals surface area contributed by atoms with Crippen LogP contribution in [0.25, 0.3) is 0 Å². The van der Waals surface area contributed by atoms with E-state index in [-0.39, 0.29) is 11.9 Å². The lowest BCUT2D eigenvalue weighted by molar-refractivity contribution is 0.0773. The standard InChI is InChI=1S/C29H36N4O/c1-4-32(5-2)29(34)24-13-11-23(12-14-24)28(33-19-17-30-18-20-33)25-7-6-8-27(21-25)31-26-15-9-22(3)10-16-26/h6-16,21,28,30-31H,4-5,17-20H2,1-3H3. The highest BCUT2D eigenvalue weighted by Gasteiger charge is 2.24. The van der Waals surface area contributed by atoms with E-state index in [1.165, 1.54) is 16.7 Å². The maximum absolute atomic E-state index is 12.8. The van der Waals surface area contributed by atoms with E-state index in [9.17, 15) is 4.79 Å². The number of aryl methyl sites for hydroxylation is 1. The van der Waals surface area contributed by atoms with Crippen molar-refractivity contribution < 1.29 is 4.79 Å². The number of benzene rings is 3. The predicted octanol–water partition coefficient (Wildman–Crippen LogP) is 5.22. The second kappa shape index (κ2) is 11.3. The number of amides is 1. The lowest BCUT2D eigenvalue weighted by Crippen LogP contribution is -2.45. The van der Waals surface area contributed by atoms with Crippen LogP contribution in [0.3, 0.4) is 0 Å². The van der Waals surface area contributed by atoms with Crippen molar-refractivity contribution in [2.24, 2.45) is 0 Å². The molecule has 3 aromatic rings. The molecule has 0 saturated carbocycles. The fourth-order valence-corrected chi connectivity index (χ4v) is 4.65. The van der Waals surface area contributed by atoms with Crippen LogP contribution < -0.4 is 10.6 Å². The van der Waals surface area contributed by atoms with Crippen molar-refractivity contribution in [2.75, 3.05) is 44.6 Å². The largest absolute Gasteiger partial charge is 0.356 e. The molecule has 1 saturated heterocycles. The average molecular weight is 457 g/mol. The molecule has 1 heterocycles. The normalized spacial score (nSPS) is 15.0. The Morgan fingerprint density at radius 2 is 1.59 bits per heavy atom. The number of carbonyl (C=O) groups is 1. The van der Waals surface area contributed by atoms with Gasteiger partial charge in [-0.2, -0.15) is 0 Å². The molecule has 0 aromatic heterocycles. The van der Waals surface area contributed by atoms with Gasteiger partial charge in [0.1, 0.15) is 0 Å². The first kappa shape index (κ1) is 24.0. The van der Waals surface area contributed by atoms with Gasteiger partial charge in [-0.3, -0.25) is 9.69 Å². The summed E-state index contributed by atoms with van der Waals surface area (Å²) < 4.78 is 0. The molecule has 0 radical (unpaired) electrons. The summed E-state index contributed by atoms with van der Waals surface area (Å²) in [4.78, 5) is 17.2. The Balaban J connectivity index is 1.63. The maximum atomic E-state index is 12.8. The first-order chi connectivity index (χ1) is 16.6.